The van der Waals surface area contributed by atoms with Gasteiger partial charge in [-0.15, -0.1) is 0 Å². The summed E-state index contributed by atoms with van der Waals surface area (Å²) in [6.45, 7) is 3.96. The number of carbonyl (C=O) groups is 1. The van der Waals surface area contributed by atoms with Gasteiger partial charge in [0.2, 0.25) is 0 Å². The fraction of sp³-hybridized carbons (Fsp3) is 0.333. The number of rotatable bonds is 7. The van der Waals surface area contributed by atoms with Gasteiger partial charge in [0.15, 0.2) is 6.61 Å². The fourth-order valence-corrected chi connectivity index (χ4v) is 5.00. The summed E-state index contributed by atoms with van der Waals surface area (Å²) in [5.74, 6) is 0.819. The molecule has 1 aliphatic heterocycles. The first-order valence-electron chi connectivity index (χ1n) is 11.1. The molecule has 0 N–H and O–H groups in total. The minimum absolute atomic E-state index is 0.135. The lowest BCUT2D eigenvalue weighted by atomic mass is 10.2. The van der Waals surface area contributed by atoms with Gasteiger partial charge in [-0.1, -0.05) is 34.5 Å². The van der Waals surface area contributed by atoms with Crippen LogP contribution in [0.1, 0.15) is 24.7 Å². The van der Waals surface area contributed by atoms with E-state index in [2.05, 4.69) is 41.9 Å². The Balaban J connectivity index is 1.68. The number of fused-ring (bicyclic) bond motifs is 1. The second kappa shape index (κ2) is 11.6. The summed E-state index contributed by atoms with van der Waals surface area (Å²) in [6, 6.07) is 8.73. The summed E-state index contributed by atoms with van der Waals surface area (Å²) in [6.07, 6.45) is 2.87. The normalized spacial score (nSPS) is 14.1. The van der Waals surface area contributed by atoms with Gasteiger partial charge in [-0.05, 0) is 52.7 Å². The van der Waals surface area contributed by atoms with E-state index in [1.165, 1.54) is 10.9 Å². The Morgan fingerprint density at radius 3 is 2.77 bits per heavy atom. The number of nitrogens with zero attached hydrogens (tertiary/aromatic N) is 4. The molecule has 1 aromatic heterocycles. The van der Waals surface area contributed by atoms with E-state index >= 15 is 0 Å². The number of aromatic nitrogens is 2. The highest BCUT2D eigenvalue weighted by Gasteiger charge is 2.19. The predicted octanol–water partition coefficient (Wildman–Crippen LogP) is 4.65. The third-order valence-corrected chi connectivity index (χ3v) is 6.70. The van der Waals surface area contributed by atoms with Crippen molar-refractivity contribution in [2.24, 2.45) is 5.10 Å². The van der Waals surface area contributed by atoms with Crippen molar-refractivity contribution in [2.45, 2.75) is 19.8 Å². The lowest BCUT2D eigenvalue weighted by Gasteiger charge is -2.26. The zero-order valence-electron chi connectivity index (χ0n) is 19.0. The van der Waals surface area contributed by atoms with Crippen LogP contribution < -0.4 is 10.3 Å². The third kappa shape index (κ3) is 6.11. The van der Waals surface area contributed by atoms with Crippen molar-refractivity contribution in [1.29, 1.82) is 0 Å². The Labute approximate surface area is 224 Å². The van der Waals surface area contributed by atoms with Gasteiger partial charge < -0.3 is 14.4 Å². The molecule has 2 heterocycles. The van der Waals surface area contributed by atoms with Crippen molar-refractivity contribution in [3.05, 3.63) is 66.0 Å². The molecular weight excluding hydrogens is 604 g/mol. The molecule has 35 heavy (non-hydrogen) atoms. The van der Waals surface area contributed by atoms with E-state index in [0.29, 0.717) is 70.3 Å². The largest absolute Gasteiger partial charge is 0.482 e. The first kappa shape index (κ1) is 25.8. The van der Waals surface area contributed by atoms with Gasteiger partial charge in [-0.25, -0.2) is 4.98 Å². The molecule has 11 heteroatoms. The second-order valence-corrected chi connectivity index (χ2v) is 10.1. The summed E-state index contributed by atoms with van der Waals surface area (Å²) in [4.78, 5) is 32.2. The lowest BCUT2D eigenvalue weighted by molar-refractivity contribution is -0.137. The minimum Gasteiger partial charge on any atom is -0.482 e. The maximum absolute atomic E-state index is 13.3. The van der Waals surface area contributed by atoms with E-state index in [1.807, 2.05) is 13.0 Å². The fourth-order valence-electron chi connectivity index (χ4n) is 3.69. The summed E-state index contributed by atoms with van der Waals surface area (Å²) in [7, 11) is 0. The smallest absolute Gasteiger partial charge is 0.282 e. The topological polar surface area (TPSA) is 86.0 Å². The van der Waals surface area contributed by atoms with E-state index in [1.54, 1.807) is 29.2 Å². The molecule has 184 valence electrons. The number of benzene rings is 2. The highest BCUT2D eigenvalue weighted by atomic mass is 79.9. The number of hydrogen-bond donors (Lipinski definition) is 0. The molecule has 1 aliphatic rings. The van der Waals surface area contributed by atoms with Gasteiger partial charge in [0, 0.05) is 34.6 Å². The number of morpholine rings is 1. The number of hydrogen-bond acceptors (Lipinski definition) is 6. The van der Waals surface area contributed by atoms with Gasteiger partial charge in [0.25, 0.3) is 11.5 Å². The second-order valence-electron chi connectivity index (χ2n) is 7.89. The van der Waals surface area contributed by atoms with Gasteiger partial charge >= 0.3 is 0 Å². The highest BCUT2D eigenvalue weighted by molar-refractivity contribution is 9.10. The molecular formula is C24H23Br2ClN4O4. The molecule has 8 nitrogen and oxygen atoms in total. The molecule has 3 aromatic rings. The van der Waals surface area contributed by atoms with E-state index in [0.717, 1.165) is 10.9 Å². The van der Waals surface area contributed by atoms with E-state index in [9.17, 15) is 9.59 Å². The van der Waals surface area contributed by atoms with Crippen LogP contribution in [-0.4, -0.2) is 59.6 Å². The number of carbonyl (C=O) groups excluding carboxylic acids is 1. The van der Waals surface area contributed by atoms with Crippen LogP contribution in [0.4, 0.5) is 0 Å². The molecule has 1 amide bonds. The molecule has 0 atom stereocenters. The Morgan fingerprint density at radius 2 is 2.03 bits per heavy atom. The van der Waals surface area contributed by atoms with Crippen LogP contribution in [0.2, 0.25) is 5.02 Å². The van der Waals surface area contributed by atoms with Crippen LogP contribution in [0.15, 0.2) is 49.2 Å². The Bertz CT molecular complexity index is 1340. The van der Waals surface area contributed by atoms with Crippen LogP contribution in [0, 0.1) is 0 Å². The molecule has 4 rings (SSSR count). The average molecular weight is 627 g/mol. The molecule has 0 unspecified atom stereocenters. The summed E-state index contributed by atoms with van der Waals surface area (Å²) >= 11 is 13.1. The van der Waals surface area contributed by atoms with Crippen LogP contribution in [-0.2, 0) is 16.0 Å². The van der Waals surface area contributed by atoms with Crippen molar-refractivity contribution in [3.63, 3.8) is 0 Å². The average Bonchev–Trinajstić information content (AvgIpc) is 2.84. The van der Waals surface area contributed by atoms with Crippen LogP contribution in [0.25, 0.3) is 10.9 Å². The summed E-state index contributed by atoms with van der Waals surface area (Å²) in [5.41, 5.74) is 0.856. The van der Waals surface area contributed by atoms with E-state index < -0.39 is 0 Å². The molecule has 0 spiro atoms. The first-order chi connectivity index (χ1) is 16.9. The number of halogens is 3. The SMILES string of the molecule is CCCc1nc2ccc(Br)cc2c(=O)n1N=Cc1cc(Cl)cc(Br)c1OCC(=O)N1CCOCC1. The van der Waals surface area contributed by atoms with Gasteiger partial charge in [0.1, 0.15) is 11.6 Å². The highest BCUT2D eigenvalue weighted by Crippen LogP contribution is 2.32. The number of ether oxygens (including phenoxy) is 2. The molecule has 2 aromatic carbocycles. The molecule has 1 fully saturated rings. The molecule has 0 radical (unpaired) electrons. The van der Waals surface area contributed by atoms with E-state index in [4.69, 9.17) is 21.1 Å². The predicted molar refractivity (Wildman–Crippen MR) is 143 cm³/mol. The zero-order chi connectivity index (χ0) is 24.9. The summed E-state index contributed by atoms with van der Waals surface area (Å²) in [5, 5.41) is 5.37. The Kier molecular flexibility index (Phi) is 8.59. The number of amides is 1. The molecule has 1 saturated heterocycles. The standard InChI is InChI=1S/C24H23Br2ClN4O4/c1-2-3-21-29-20-5-4-16(25)11-18(20)24(33)31(21)28-13-15-10-17(27)12-19(26)23(15)35-14-22(32)30-6-8-34-9-7-30/h4-5,10-13H,2-3,6-9,14H2,1H3. The van der Waals surface area contributed by atoms with Gasteiger partial charge in [-0.3, -0.25) is 9.59 Å². The van der Waals surface area contributed by atoms with Crippen molar-refractivity contribution in [1.82, 2.24) is 14.6 Å². The third-order valence-electron chi connectivity index (χ3n) is 5.40. The van der Waals surface area contributed by atoms with Crippen LogP contribution >= 0.6 is 43.5 Å². The number of aryl methyl sites for hydroxylation is 1. The zero-order valence-corrected chi connectivity index (χ0v) is 22.9. The van der Waals surface area contributed by atoms with Crippen LogP contribution in [0.3, 0.4) is 0 Å². The Morgan fingerprint density at radius 1 is 1.26 bits per heavy atom. The maximum Gasteiger partial charge on any atom is 0.282 e. The van der Waals surface area contributed by atoms with Gasteiger partial charge in [0.05, 0.1) is 34.8 Å². The van der Waals surface area contributed by atoms with Crippen molar-refractivity contribution in [2.75, 3.05) is 32.9 Å². The van der Waals surface area contributed by atoms with Gasteiger partial charge in [-0.2, -0.15) is 9.78 Å². The molecule has 0 saturated carbocycles. The lowest BCUT2D eigenvalue weighted by Crippen LogP contribution is -2.43. The Hall–Kier alpha value is -2.27. The quantitative estimate of drug-likeness (QED) is 0.357. The minimum atomic E-state index is -0.276. The van der Waals surface area contributed by atoms with Crippen molar-refractivity contribution >= 4 is 66.5 Å². The molecule has 0 bridgehead atoms. The monoisotopic (exact) mass is 624 g/mol. The van der Waals surface area contributed by atoms with Crippen molar-refractivity contribution < 1.29 is 14.3 Å². The van der Waals surface area contributed by atoms with E-state index in [-0.39, 0.29) is 18.1 Å². The van der Waals surface area contributed by atoms with Crippen LogP contribution in [0.5, 0.6) is 5.75 Å². The first-order valence-corrected chi connectivity index (χ1v) is 13.1. The maximum atomic E-state index is 13.3. The molecule has 0 aliphatic carbocycles. The van der Waals surface area contributed by atoms with Crippen molar-refractivity contribution in [3.8, 4) is 5.75 Å². The summed E-state index contributed by atoms with van der Waals surface area (Å²) < 4.78 is 13.8.